The largest absolute Gasteiger partial charge is 0.436 e. The molecule has 0 bridgehead atoms. The molecule has 0 unspecified atom stereocenters. The SMILES string of the molecule is O=c1[nH]/c(=N\c2ccc(Oc3ccon3)cc2)n(Cc2ccc(Cl)cc2)c(=O)n1C[C@@H](O)CO. The summed E-state index contributed by atoms with van der Waals surface area (Å²) >= 11 is 5.95. The van der Waals surface area contributed by atoms with E-state index in [-0.39, 0.29) is 18.7 Å². The molecule has 3 N–H and O–H groups in total. The molecule has 4 aromatic rings. The van der Waals surface area contributed by atoms with Gasteiger partial charge >= 0.3 is 11.4 Å². The van der Waals surface area contributed by atoms with Crippen molar-refractivity contribution in [2.75, 3.05) is 6.61 Å². The molecule has 0 aliphatic heterocycles. The van der Waals surface area contributed by atoms with E-state index in [4.69, 9.17) is 26.0 Å². The van der Waals surface area contributed by atoms with Crippen LogP contribution in [0.4, 0.5) is 5.69 Å². The van der Waals surface area contributed by atoms with Crippen LogP contribution in [-0.2, 0) is 13.1 Å². The number of hydrogen-bond donors (Lipinski definition) is 3. The van der Waals surface area contributed by atoms with E-state index in [0.717, 1.165) is 10.1 Å². The van der Waals surface area contributed by atoms with Crippen molar-refractivity contribution in [2.24, 2.45) is 4.99 Å². The maximum absolute atomic E-state index is 13.1. The van der Waals surface area contributed by atoms with Gasteiger partial charge in [-0.3, -0.25) is 9.55 Å². The fourth-order valence-corrected chi connectivity index (χ4v) is 3.20. The molecule has 4 rings (SSSR count). The molecule has 0 spiro atoms. The number of aromatic nitrogens is 4. The Hall–Kier alpha value is -3.93. The third-order valence-electron chi connectivity index (χ3n) is 4.75. The normalized spacial score (nSPS) is 12.6. The minimum absolute atomic E-state index is 0.00450. The number of rotatable bonds is 8. The van der Waals surface area contributed by atoms with Gasteiger partial charge in [-0.2, -0.15) is 0 Å². The number of benzene rings is 2. The summed E-state index contributed by atoms with van der Waals surface area (Å²) in [7, 11) is 0. The Bertz CT molecular complexity index is 1420. The van der Waals surface area contributed by atoms with Gasteiger partial charge in [0.25, 0.3) is 5.88 Å². The molecule has 0 aliphatic carbocycles. The number of H-pyrrole nitrogens is 1. The summed E-state index contributed by atoms with van der Waals surface area (Å²) in [5.41, 5.74) is -0.281. The van der Waals surface area contributed by atoms with E-state index in [1.54, 1.807) is 54.6 Å². The van der Waals surface area contributed by atoms with Crippen LogP contribution in [0.15, 0.2) is 80.0 Å². The predicted octanol–water partition coefficient (Wildman–Crippen LogP) is 1.41. The Morgan fingerprint density at radius 2 is 1.82 bits per heavy atom. The number of aliphatic hydroxyl groups excluding tert-OH is 2. The molecule has 2 aromatic heterocycles. The van der Waals surface area contributed by atoms with Crippen molar-refractivity contribution < 1.29 is 19.5 Å². The van der Waals surface area contributed by atoms with Crippen LogP contribution in [0.25, 0.3) is 0 Å². The molecule has 12 heteroatoms. The van der Waals surface area contributed by atoms with Gasteiger partial charge in [-0.1, -0.05) is 23.7 Å². The minimum Gasteiger partial charge on any atom is -0.436 e. The number of nitrogens with one attached hydrogen (secondary N) is 1. The van der Waals surface area contributed by atoms with E-state index in [0.29, 0.717) is 22.3 Å². The fourth-order valence-electron chi connectivity index (χ4n) is 3.07. The van der Waals surface area contributed by atoms with E-state index < -0.39 is 24.1 Å². The van der Waals surface area contributed by atoms with Gasteiger partial charge in [-0.15, -0.1) is 0 Å². The van der Waals surface area contributed by atoms with Crippen LogP contribution in [0.2, 0.25) is 5.02 Å². The molecule has 0 amide bonds. The molecule has 1 atom stereocenters. The number of aliphatic hydroxyl groups is 2. The molecular formula is C22H20ClN5O6. The average molecular weight is 486 g/mol. The number of halogens is 1. The van der Waals surface area contributed by atoms with Crippen LogP contribution in [0, 0.1) is 0 Å². The van der Waals surface area contributed by atoms with Gasteiger partial charge in [0.15, 0.2) is 0 Å². The summed E-state index contributed by atoms with van der Waals surface area (Å²) in [4.78, 5) is 32.7. The van der Waals surface area contributed by atoms with Gasteiger partial charge in [-0.05, 0) is 47.1 Å². The summed E-state index contributed by atoms with van der Waals surface area (Å²) < 4.78 is 12.3. The number of nitrogens with zero attached hydrogens (tertiary/aromatic N) is 4. The van der Waals surface area contributed by atoms with Crippen LogP contribution in [0.3, 0.4) is 0 Å². The first kappa shape index (κ1) is 23.2. The van der Waals surface area contributed by atoms with Crippen molar-refractivity contribution in [1.29, 1.82) is 0 Å². The molecule has 34 heavy (non-hydrogen) atoms. The van der Waals surface area contributed by atoms with Gasteiger partial charge in [0.1, 0.15) is 12.0 Å². The fraction of sp³-hybridized carbons (Fsp3) is 0.182. The maximum atomic E-state index is 13.1. The predicted molar refractivity (Wildman–Crippen MR) is 121 cm³/mol. The molecule has 0 radical (unpaired) electrons. The van der Waals surface area contributed by atoms with Crippen LogP contribution >= 0.6 is 11.6 Å². The van der Waals surface area contributed by atoms with E-state index >= 15 is 0 Å². The first-order valence-corrected chi connectivity index (χ1v) is 10.5. The molecule has 0 fully saturated rings. The van der Waals surface area contributed by atoms with Gasteiger partial charge in [0, 0.05) is 11.1 Å². The second kappa shape index (κ2) is 10.3. The molecule has 0 saturated carbocycles. The summed E-state index contributed by atoms with van der Waals surface area (Å²) in [5.74, 6) is 0.785. The van der Waals surface area contributed by atoms with Crippen molar-refractivity contribution in [3.63, 3.8) is 0 Å². The average Bonchev–Trinajstić information content (AvgIpc) is 3.34. The van der Waals surface area contributed by atoms with Crippen molar-refractivity contribution in [3.8, 4) is 11.6 Å². The third-order valence-corrected chi connectivity index (χ3v) is 5.00. The van der Waals surface area contributed by atoms with E-state index in [1.165, 1.54) is 10.8 Å². The zero-order valence-electron chi connectivity index (χ0n) is 17.7. The molecule has 0 saturated heterocycles. The standard InChI is InChI=1S/C22H20ClN5O6/c23-15-3-1-14(2-4-15)11-27-20(25-21(31)28(22(27)32)12-17(30)13-29)24-16-5-7-18(8-6-16)34-19-9-10-33-26-19/h1-10,17,29-30H,11-13H2,(H,24,25,31)/t17-/m1/s1. The molecule has 176 valence electrons. The minimum atomic E-state index is -1.28. The smallest absolute Gasteiger partial charge is 0.335 e. The lowest BCUT2D eigenvalue weighted by Gasteiger charge is -2.13. The van der Waals surface area contributed by atoms with Gasteiger partial charge in [0.2, 0.25) is 5.62 Å². The highest BCUT2D eigenvalue weighted by Crippen LogP contribution is 2.22. The lowest BCUT2D eigenvalue weighted by molar-refractivity contribution is 0.0783. The van der Waals surface area contributed by atoms with Crippen molar-refractivity contribution in [3.05, 3.63) is 98.0 Å². The zero-order valence-corrected chi connectivity index (χ0v) is 18.4. The Labute approximate surface area is 196 Å². The highest BCUT2D eigenvalue weighted by Gasteiger charge is 2.13. The van der Waals surface area contributed by atoms with Crippen molar-refractivity contribution >= 4 is 17.3 Å². The van der Waals surface area contributed by atoms with Crippen LogP contribution in [-0.4, -0.2) is 42.2 Å². The highest BCUT2D eigenvalue weighted by molar-refractivity contribution is 6.30. The van der Waals surface area contributed by atoms with Crippen LogP contribution < -0.4 is 21.7 Å². The first-order valence-electron chi connectivity index (χ1n) is 10.1. The summed E-state index contributed by atoms with van der Waals surface area (Å²) in [6.07, 6.45) is 0.110. The maximum Gasteiger partial charge on any atom is 0.335 e. The van der Waals surface area contributed by atoms with Gasteiger partial charge in [0.05, 0.1) is 31.5 Å². The summed E-state index contributed by atoms with van der Waals surface area (Å²) in [6.45, 7) is -0.897. The Morgan fingerprint density at radius 3 is 2.47 bits per heavy atom. The van der Waals surface area contributed by atoms with E-state index in [9.17, 15) is 14.7 Å². The Morgan fingerprint density at radius 1 is 1.09 bits per heavy atom. The van der Waals surface area contributed by atoms with Gasteiger partial charge < -0.3 is 19.5 Å². The highest BCUT2D eigenvalue weighted by atomic mass is 35.5. The number of hydrogen-bond acceptors (Lipinski definition) is 8. The Kier molecular flexibility index (Phi) is 7.07. The van der Waals surface area contributed by atoms with E-state index in [1.807, 2.05) is 0 Å². The first-order chi connectivity index (χ1) is 16.4. The molecular weight excluding hydrogens is 466 g/mol. The quantitative estimate of drug-likeness (QED) is 0.341. The van der Waals surface area contributed by atoms with Crippen molar-refractivity contribution in [1.82, 2.24) is 19.3 Å². The second-order valence-electron chi connectivity index (χ2n) is 7.24. The lowest BCUT2D eigenvalue weighted by Crippen LogP contribution is -2.51. The summed E-state index contributed by atoms with van der Waals surface area (Å²) in [5, 5.41) is 23.1. The number of ether oxygens (including phenoxy) is 1. The third kappa shape index (κ3) is 5.52. The number of aromatic amines is 1. The molecule has 2 aromatic carbocycles. The zero-order chi connectivity index (χ0) is 24.1. The summed E-state index contributed by atoms with van der Waals surface area (Å²) in [6, 6.07) is 15.0. The topological polar surface area (TPSA) is 148 Å². The van der Waals surface area contributed by atoms with E-state index in [2.05, 4.69) is 15.1 Å². The van der Waals surface area contributed by atoms with Crippen molar-refractivity contribution in [2.45, 2.75) is 19.2 Å². The van der Waals surface area contributed by atoms with Crippen LogP contribution in [0.1, 0.15) is 5.56 Å². The lowest BCUT2D eigenvalue weighted by atomic mass is 10.2. The van der Waals surface area contributed by atoms with Crippen LogP contribution in [0.5, 0.6) is 11.6 Å². The van der Waals surface area contributed by atoms with Gasteiger partial charge in [-0.25, -0.2) is 19.1 Å². The Balaban J connectivity index is 1.75. The second-order valence-corrected chi connectivity index (χ2v) is 7.68. The monoisotopic (exact) mass is 485 g/mol. The molecule has 0 aliphatic rings. The molecule has 2 heterocycles. The molecule has 11 nitrogen and oxygen atoms in total.